The smallest absolute Gasteiger partial charge is 0.333 e. The fourth-order valence-electron chi connectivity index (χ4n) is 1.05. The highest BCUT2D eigenvalue weighted by Gasteiger charge is 2.14. The number of nitrogens with zero attached hydrogens (tertiary/aromatic N) is 2. The number of isocyanates is 2. The van der Waals surface area contributed by atoms with Gasteiger partial charge in [-0.15, -0.1) is 0 Å². The molecule has 7 nitrogen and oxygen atoms in total. The lowest BCUT2D eigenvalue weighted by atomic mass is 10.2. The van der Waals surface area contributed by atoms with Crippen LogP contribution in [0.3, 0.4) is 0 Å². The normalized spacial score (nSPS) is 10.8. The Morgan fingerprint density at radius 3 is 2.53 bits per heavy atom. The molecule has 0 amide bonds. The van der Waals surface area contributed by atoms with Gasteiger partial charge in [-0.25, -0.2) is 24.4 Å². The standard InChI is InChI=1S/C12H16N2O5/c1-10(2)12(17)19-11(7-14-9-16)3-5-18-6-4-13-8-15/h11H,1,3-7H2,2H3. The summed E-state index contributed by atoms with van der Waals surface area (Å²) < 4.78 is 10.2. The predicted molar refractivity (Wildman–Crippen MR) is 66.1 cm³/mol. The van der Waals surface area contributed by atoms with E-state index in [0.717, 1.165) is 0 Å². The van der Waals surface area contributed by atoms with Crippen molar-refractivity contribution in [1.82, 2.24) is 0 Å². The third-order valence-electron chi connectivity index (χ3n) is 1.98. The summed E-state index contributed by atoms with van der Waals surface area (Å²) in [5.41, 5.74) is 0.265. The van der Waals surface area contributed by atoms with Gasteiger partial charge in [0.15, 0.2) is 0 Å². The molecule has 0 aliphatic rings. The van der Waals surface area contributed by atoms with Crippen LogP contribution in [0.15, 0.2) is 22.1 Å². The highest BCUT2D eigenvalue weighted by Crippen LogP contribution is 2.04. The molecule has 0 aromatic rings. The van der Waals surface area contributed by atoms with Crippen molar-refractivity contribution >= 4 is 18.1 Å². The van der Waals surface area contributed by atoms with Gasteiger partial charge >= 0.3 is 5.97 Å². The Balaban J connectivity index is 4.05. The lowest BCUT2D eigenvalue weighted by Gasteiger charge is -2.15. The van der Waals surface area contributed by atoms with Crippen molar-refractivity contribution in [2.45, 2.75) is 19.4 Å². The SMILES string of the molecule is C=C(C)C(=O)OC(CCOCCN=C=O)CN=C=O. The summed E-state index contributed by atoms with van der Waals surface area (Å²) in [6.07, 6.45) is 2.57. The van der Waals surface area contributed by atoms with E-state index in [2.05, 4.69) is 16.6 Å². The summed E-state index contributed by atoms with van der Waals surface area (Å²) in [5, 5.41) is 0. The second-order valence-corrected chi connectivity index (χ2v) is 3.61. The molecule has 0 bridgehead atoms. The zero-order chi connectivity index (χ0) is 14.5. The summed E-state index contributed by atoms with van der Waals surface area (Å²) in [6, 6.07) is 0. The highest BCUT2D eigenvalue weighted by atomic mass is 16.5. The van der Waals surface area contributed by atoms with Gasteiger partial charge in [0, 0.05) is 12.0 Å². The molecular weight excluding hydrogens is 252 g/mol. The van der Waals surface area contributed by atoms with E-state index in [4.69, 9.17) is 9.47 Å². The molecule has 0 aromatic heterocycles. The molecule has 0 N–H and O–H groups in total. The van der Waals surface area contributed by atoms with Crippen molar-refractivity contribution in [3.8, 4) is 0 Å². The Morgan fingerprint density at radius 1 is 1.26 bits per heavy atom. The predicted octanol–water partition coefficient (Wildman–Crippen LogP) is 0.553. The van der Waals surface area contributed by atoms with Crippen molar-refractivity contribution in [3.63, 3.8) is 0 Å². The number of rotatable bonds is 10. The Labute approximate surface area is 111 Å². The Kier molecular flexibility index (Phi) is 9.84. The second-order valence-electron chi connectivity index (χ2n) is 3.61. The van der Waals surface area contributed by atoms with E-state index in [-0.39, 0.29) is 31.9 Å². The maximum Gasteiger partial charge on any atom is 0.333 e. The fourth-order valence-corrected chi connectivity index (χ4v) is 1.05. The number of ether oxygens (including phenoxy) is 2. The van der Waals surface area contributed by atoms with Gasteiger partial charge < -0.3 is 9.47 Å². The fraction of sp³-hybridized carbons (Fsp3) is 0.583. The van der Waals surface area contributed by atoms with E-state index in [1.165, 1.54) is 19.1 Å². The third-order valence-corrected chi connectivity index (χ3v) is 1.98. The molecule has 0 spiro atoms. The van der Waals surface area contributed by atoms with Crippen LogP contribution in [-0.4, -0.2) is 50.5 Å². The number of hydrogen-bond donors (Lipinski definition) is 0. The Bertz CT molecular complexity index is 395. The number of aliphatic imine (C=N–C) groups is 2. The van der Waals surface area contributed by atoms with E-state index in [1.807, 2.05) is 0 Å². The monoisotopic (exact) mass is 268 g/mol. The topological polar surface area (TPSA) is 94.4 Å². The minimum Gasteiger partial charge on any atom is -0.457 e. The lowest BCUT2D eigenvalue weighted by Crippen LogP contribution is -2.23. The minimum absolute atomic E-state index is 0.0262. The maximum atomic E-state index is 11.3. The molecule has 0 radical (unpaired) electrons. The molecule has 0 aliphatic carbocycles. The molecule has 1 unspecified atom stereocenters. The van der Waals surface area contributed by atoms with E-state index in [9.17, 15) is 14.4 Å². The van der Waals surface area contributed by atoms with Gasteiger partial charge in [-0.05, 0) is 6.92 Å². The molecular formula is C12H16N2O5. The third kappa shape index (κ3) is 9.62. The molecule has 0 saturated carbocycles. The van der Waals surface area contributed by atoms with Crippen molar-refractivity contribution < 1.29 is 23.9 Å². The van der Waals surface area contributed by atoms with Gasteiger partial charge in [0.2, 0.25) is 12.2 Å². The summed E-state index contributed by atoms with van der Waals surface area (Å²) >= 11 is 0. The van der Waals surface area contributed by atoms with Crippen LogP contribution in [0.2, 0.25) is 0 Å². The quantitative estimate of drug-likeness (QED) is 0.190. The molecule has 0 aliphatic heterocycles. The van der Waals surface area contributed by atoms with E-state index < -0.39 is 12.1 Å². The molecule has 0 saturated heterocycles. The van der Waals surface area contributed by atoms with Crippen LogP contribution < -0.4 is 0 Å². The molecule has 7 heteroatoms. The molecule has 0 heterocycles. The minimum atomic E-state index is -0.569. The average Bonchev–Trinajstić information content (AvgIpc) is 2.39. The van der Waals surface area contributed by atoms with Crippen LogP contribution in [0.25, 0.3) is 0 Å². The van der Waals surface area contributed by atoms with Crippen LogP contribution in [0.4, 0.5) is 0 Å². The van der Waals surface area contributed by atoms with Gasteiger partial charge in [0.1, 0.15) is 6.10 Å². The van der Waals surface area contributed by atoms with Crippen LogP contribution in [-0.2, 0) is 23.9 Å². The van der Waals surface area contributed by atoms with Gasteiger partial charge in [0.25, 0.3) is 0 Å². The van der Waals surface area contributed by atoms with Crippen molar-refractivity contribution in [2.24, 2.45) is 9.98 Å². The molecule has 104 valence electrons. The second kappa shape index (κ2) is 11.0. The first-order valence-electron chi connectivity index (χ1n) is 5.63. The van der Waals surface area contributed by atoms with Crippen LogP contribution in [0, 0.1) is 0 Å². The Morgan fingerprint density at radius 2 is 1.95 bits per heavy atom. The van der Waals surface area contributed by atoms with Crippen molar-refractivity contribution in [1.29, 1.82) is 0 Å². The summed E-state index contributed by atoms with van der Waals surface area (Å²) in [5.74, 6) is -0.545. The number of carbonyl (C=O) groups is 1. The highest BCUT2D eigenvalue weighted by molar-refractivity contribution is 5.87. The Hall–Kier alpha value is -2.07. The molecule has 1 atom stereocenters. The first-order valence-corrected chi connectivity index (χ1v) is 5.63. The first kappa shape index (κ1) is 16.9. The van der Waals surface area contributed by atoms with Crippen LogP contribution >= 0.6 is 0 Å². The number of esters is 1. The van der Waals surface area contributed by atoms with Gasteiger partial charge in [-0.3, -0.25) is 0 Å². The largest absolute Gasteiger partial charge is 0.457 e. The van der Waals surface area contributed by atoms with Crippen molar-refractivity contribution in [3.05, 3.63) is 12.2 Å². The molecule has 0 rings (SSSR count). The number of carbonyl (C=O) groups excluding carboxylic acids is 3. The van der Waals surface area contributed by atoms with Crippen LogP contribution in [0.5, 0.6) is 0 Å². The number of hydrogen-bond acceptors (Lipinski definition) is 7. The van der Waals surface area contributed by atoms with Gasteiger partial charge in [0.05, 0.1) is 26.3 Å². The van der Waals surface area contributed by atoms with E-state index >= 15 is 0 Å². The van der Waals surface area contributed by atoms with Crippen molar-refractivity contribution in [2.75, 3.05) is 26.3 Å². The average molecular weight is 268 g/mol. The van der Waals surface area contributed by atoms with E-state index in [1.54, 1.807) is 0 Å². The summed E-state index contributed by atoms with van der Waals surface area (Å²) in [7, 11) is 0. The van der Waals surface area contributed by atoms with Crippen LogP contribution in [0.1, 0.15) is 13.3 Å². The van der Waals surface area contributed by atoms with Gasteiger partial charge in [-0.2, -0.15) is 0 Å². The molecule has 0 fully saturated rings. The lowest BCUT2D eigenvalue weighted by molar-refractivity contribution is -0.144. The first-order chi connectivity index (χ1) is 9.11. The zero-order valence-corrected chi connectivity index (χ0v) is 10.8. The molecule has 0 aromatic carbocycles. The summed E-state index contributed by atoms with van der Waals surface area (Å²) in [4.78, 5) is 37.9. The van der Waals surface area contributed by atoms with E-state index in [0.29, 0.717) is 6.42 Å². The summed E-state index contributed by atoms with van der Waals surface area (Å²) in [6.45, 7) is 5.79. The van der Waals surface area contributed by atoms with Gasteiger partial charge in [-0.1, -0.05) is 6.58 Å². The maximum absolute atomic E-state index is 11.3. The zero-order valence-electron chi connectivity index (χ0n) is 10.8. The molecule has 19 heavy (non-hydrogen) atoms.